The second kappa shape index (κ2) is 4.15. The Balaban J connectivity index is 2.54. The Kier molecular flexibility index (Phi) is 2.66. The zero-order chi connectivity index (χ0) is 14.5. The van der Waals surface area contributed by atoms with E-state index in [1.807, 2.05) is 0 Å². The number of fused-ring (bicyclic) bond motifs is 2. The Hall–Kier alpha value is -2.19. The van der Waals surface area contributed by atoms with Crippen molar-refractivity contribution in [3.05, 3.63) is 22.2 Å². The molecule has 0 saturated heterocycles. The summed E-state index contributed by atoms with van der Waals surface area (Å²) in [5, 5.41) is 21.3. The molecule has 8 heteroatoms. The quantitative estimate of drug-likeness (QED) is 0.615. The predicted octanol–water partition coefficient (Wildman–Crippen LogP) is -0.809. The van der Waals surface area contributed by atoms with Crippen molar-refractivity contribution >= 4 is 27.3 Å². The zero-order valence-corrected chi connectivity index (χ0v) is 11.1. The topological polar surface area (TPSA) is 125 Å². The van der Waals surface area contributed by atoms with Crippen molar-refractivity contribution in [1.82, 2.24) is 0 Å². The van der Waals surface area contributed by atoms with Gasteiger partial charge in [-0.1, -0.05) is 0 Å². The number of sulfone groups is 1. The molecule has 7 nitrogen and oxygen atoms in total. The van der Waals surface area contributed by atoms with Crippen molar-refractivity contribution in [2.45, 2.75) is 11.3 Å². The number of phenols is 2. The van der Waals surface area contributed by atoms with Gasteiger partial charge in [-0.25, -0.2) is 8.42 Å². The lowest BCUT2D eigenvalue weighted by Gasteiger charge is -2.10. The summed E-state index contributed by atoms with van der Waals surface area (Å²) in [4.78, 5) is 7.44. The van der Waals surface area contributed by atoms with Crippen LogP contribution in [0.15, 0.2) is 26.5 Å². The van der Waals surface area contributed by atoms with Crippen molar-refractivity contribution in [3.8, 4) is 11.5 Å². The number of phenolic OH excluding ortho intramolecular Hbond substituents is 2. The largest absolute Gasteiger partial charge is 0.506 e. The summed E-state index contributed by atoms with van der Waals surface area (Å²) in [5.74, 6) is -0.800. The average Bonchev–Trinajstić information content (AvgIpc) is 2.79. The first-order valence-electron chi connectivity index (χ1n) is 5.82. The number of nitrogens with two attached hydrogens (primary N) is 1. The molecule has 0 saturated carbocycles. The fourth-order valence-corrected chi connectivity index (χ4v) is 3.45. The van der Waals surface area contributed by atoms with Crippen LogP contribution in [0.2, 0.25) is 0 Å². The molecule has 2 heterocycles. The van der Waals surface area contributed by atoms with Gasteiger partial charge in [0.25, 0.3) is 0 Å². The number of hydrogen-bond donors (Lipinski definition) is 3. The number of benzene rings is 1. The second-order valence-corrected chi connectivity index (χ2v) is 6.15. The lowest BCUT2D eigenvalue weighted by Crippen LogP contribution is -2.23. The van der Waals surface area contributed by atoms with E-state index in [1.165, 1.54) is 6.21 Å². The lowest BCUT2D eigenvalue weighted by atomic mass is 10.1. The molecule has 0 aliphatic carbocycles. The van der Waals surface area contributed by atoms with Crippen LogP contribution in [-0.2, 0) is 9.84 Å². The molecule has 1 aromatic rings. The first-order chi connectivity index (χ1) is 9.47. The van der Waals surface area contributed by atoms with E-state index in [1.54, 1.807) is 0 Å². The van der Waals surface area contributed by atoms with Gasteiger partial charge in [0.1, 0.15) is 21.7 Å². The molecule has 0 radical (unpaired) electrons. The smallest absolute Gasteiger partial charge is 0.207 e. The van der Waals surface area contributed by atoms with E-state index in [2.05, 4.69) is 9.98 Å². The summed E-state index contributed by atoms with van der Waals surface area (Å²) in [6.45, 7) is 0.315. The minimum atomic E-state index is -3.84. The van der Waals surface area contributed by atoms with Gasteiger partial charge in [-0.15, -0.1) is 0 Å². The first kappa shape index (κ1) is 12.8. The maximum absolute atomic E-state index is 12.0. The molecule has 0 aromatic heterocycles. The number of aromatic hydroxyl groups is 2. The third kappa shape index (κ3) is 1.58. The minimum absolute atomic E-state index is 0.124. The summed E-state index contributed by atoms with van der Waals surface area (Å²) in [6.07, 6.45) is 2.93. The summed E-state index contributed by atoms with van der Waals surface area (Å²) < 4.78 is 24.0. The highest BCUT2D eigenvalue weighted by Crippen LogP contribution is 2.31. The highest BCUT2D eigenvalue weighted by atomic mass is 32.2. The summed E-state index contributed by atoms with van der Waals surface area (Å²) in [6, 6.07) is 0. The summed E-state index contributed by atoms with van der Waals surface area (Å²) >= 11 is 0. The molecular weight excluding hydrogens is 282 g/mol. The van der Waals surface area contributed by atoms with Gasteiger partial charge in [-0.3, -0.25) is 9.98 Å². The fourth-order valence-electron chi connectivity index (χ4n) is 2.30. The van der Waals surface area contributed by atoms with Gasteiger partial charge in [0.15, 0.2) is 5.75 Å². The molecule has 0 unspecified atom stereocenters. The molecule has 2 aliphatic heterocycles. The van der Waals surface area contributed by atoms with Gasteiger partial charge in [0.05, 0.1) is 10.6 Å². The SMILES string of the molecule is NCCC1=c2c(O)c3c(c(O)c2N=C1)=NC=CS3(=O)=O. The van der Waals surface area contributed by atoms with E-state index in [4.69, 9.17) is 5.73 Å². The number of nitrogens with zero attached hydrogens (tertiary/aromatic N) is 2. The second-order valence-electron chi connectivity index (χ2n) is 4.38. The predicted molar refractivity (Wildman–Crippen MR) is 72.1 cm³/mol. The Morgan fingerprint density at radius 1 is 1.25 bits per heavy atom. The van der Waals surface area contributed by atoms with Crippen LogP contribution in [0.3, 0.4) is 0 Å². The molecule has 0 amide bonds. The normalized spacial score (nSPS) is 17.8. The van der Waals surface area contributed by atoms with Crippen LogP contribution in [0.5, 0.6) is 11.5 Å². The molecule has 1 aromatic carbocycles. The van der Waals surface area contributed by atoms with E-state index in [0.717, 1.165) is 11.6 Å². The molecular formula is C12H11N3O4S. The van der Waals surface area contributed by atoms with Crippen LogP contribution in [-0.4, -0.2) is 31.4 Å². The van der Waals surface area contributed by atoms with Crippen molar-refractivity contribution in [3.63, 3.8) is 0 Å². The van der Waals surface area contributed by atoms with E-state index < -0.39 is 20.5 Å². The summed E-state index contributed by atoms with van der Waals surface area (Å²) in [7, 11) is -3.84. The molecule has 3 rings (SSSR count). The summed E-state index contributed by atoms with van der Waals surface area (Å²) in [5.41, 5.74) is 6.18. The van der Waals surface area contributed by atoms with Crippen molar-refractivity contribution in [2.75, 3.05) is 6.54 Å². The molecule has 4 N–H and O–H groups in total. The van der Waals surface area contributed by atoms with Crippen LogP contribution in [0.4, 0.5) is 5.69 Å². The van der Waals surface area contributed by atoms with E-state index in [0.29, 0.717) is 18.5 Å². The van der Waals surface area contributed by atoms with Gasteiger partial charge in [0.2, 0.25) is 9.84 Å². The van der Waals surface area contributed by atoms with Gasteiger partial charge < -0.3 is 15.9 Å². The van der Waals surface area contributed by atoms with E-state index in [-0.39, 0.29) is 22.0 Å². The van der Waals surface area contributed by atoms with Gasteiger partial charge in [0, 0.05) is 12.4 Å². The van der Waals surface area contributed by atoms with Crippen LogP contribution >= 0.6 is 0 Å². The zero-order valence-electron chi connectivity index (χ0n) is 10.2. The maximum atomic E-state index is 12.0. The van der Waals surface area contributed by atoms with E-state index >= 15 is 0 Å². The monoisotopic (exact) mass is 293 g/mol. The average molecular weight is 293 g/mol. The minimum Gasteiger partial charge on any atom is -0.506 e. The Morgan fingerprint density at radius 3 is 2.70 bits per heavy atom. The standard InChI is InChI=1S/C12H11N3O4S/c13-2-1-6-5-15-8-7(6)10(16)12-9(11(8)17)14-3-4-20(12,18)19/h3-5,16-17H,1-2,13H2. The first-order valence-corrected chi connectivity index (χ1v) is 7.36. The third-order valence-corrected chi connectivity index (χ3v) is 4.60. The molecule has 0 bridgehead atoms. The van der Waals surface area contributed by atoms with Crippen LogP contribution < -0.4 is 16.3 Å². The molecule has 20 heavy (non-hydrogen) atoms. The molecule has 0 atom stereocenters. The van der Waals surface area contributed by atoms with Gasteiger partial charge in [-0.05, 0) is 18.5 Å². The number of aliphatic imine (C=N–C) groups is 1. The van der Waals surface area contributed by atoms with Gasteiger partial charge in [-0.2, -0.15) is 0 Å². The molecule has 0 fully saturated rings. The third-order valence-electron chi connectivity index (χ3n) is 3.16. The van der Waals surface area contributed by atoms with Crippen LogP contribution in [0, 0.1) is 0 Å². The van der Waals surface area contributed by atoms with Crippen molar-refractivity contribution in [2.24, 2.45) is 15.7 Å². The molecule has 0 spiro atoms. The van der Waals surface area contributed by atoms with Crippen LogP contribution in [0.1, 0.15) is 6.42 Å². The highest BCUT2D eigenvalue weighted by Gasteiger charge is 2.29. The highest BCUT2D eigenvalue weighted by molar-refractivity contribution is 7.94. The maximum Gasteiger partial charge on any atom is 0.207 e. The fraction of sp³-hybridized carbons (Fsp3) is 0.167. The van der Waals surface area contributed by atoms with Gasteiger partial charge >= 0.3 is 0 Å². The lowest BCUT2D eigenvalue weighted by molar-refractivity contribution is 0.436. The van der Waals surface area contributed by atoms with Crippen molar-refractivity contribution in [1.29, 1.82) is 0 Å². The van der Waals surface area contributed by atoms with E-state index in [9.17, 15) is 18.6 Å². The number of hydrogen-bond acceptors (Lipinski definition) is 7. The number of rotatable bonds is 2. The Bertz CT molecular complexity index is 898. The Morgan fingerprint density at radius 2 is 2.00 bits per heavy atom. The van der Waals surface area contributed by atoms with Crippen molar-refractivity contribution < 1.29 is 18.6 Å². The van der Waals surface area contributed by atoms with Crippen LogP contribution in [0.25, 0.3) is 5.57 Å². The Labute approximate surface area is 114 Å². The molecule has 104 valence electrons. The molecule has 2 aliphatic rings.